The van der Waals surface area contributed by atoms with Gasteiger partial charge in [0.05, 0.1) is 12.6 Å². The molecule has 1 fully saturated rings. The molecule has 3 aromatic rings. The van der Waals surface area contributed by atoms with Crippen molar-refractivity contribution in [2.45, 2.75) is 31.5 Å². The molecule has 1 amide bonds. The number of hydrogen-bond acceptors (Lipinski definition) is 7. The first kappa shape index (κ1) is 21.4. The number of carboxylic acid groups (broad SMARTS) is 1. The number of piperidine rings is 1. The molecule has 1 saturated heterocycles. The minimum atomic E-state index is -1.28. The Kier molecular flexibility index (Phi) is 6.10. The third-order valence-corrected chi connectivity index (χ3v) is 5.36. The van der Waals surface area contributed by atoms with Gasteiger partial charge < -0.3 is 10.3 Å². The number of rotatable bonds is 5. The molecule has 2 N–H and O–H groups in total. The minimum Gasteiger partial charge on any atom is -0.688 e. The van der Waals surface area contributed by atoms with Crippen LogP contribution in [0.5, 0.6) is 0 Å². The molecule has 1 aromatic heterocycles. The maximum atomic E-state index is 13.2. The van der Waals surface area contributed by atoms with Crippen LogP contribution in [0.3, 0.4) is 0 Å². The van der Waals surface area contributed by atoms with Crippen LogP contribution < -0.4 is 15.9 Å². The number of hydroxylamine groups is 1. The van der Waals surface area contributed by atoms with Gasteiger partial charge in [0.25, 0.3) is 0 Å². The van der Waals surface area contributed by atoms with Crippen LogP contribution in [0.25, 0.3) is 10.9 Å². The second-order valence-corrected chi connectivity index (χ2v) is 7.45. The molecule has 2 aromatic carbocycles. The van der Waals surface area contributed by atoms with Crippen LogP contribution >= 0.6 is 0 Å². The van der Waals surface area contributed by atoms with Crippen LogP contribution in [0.2, 0.25) is 0 Å². The molecule has 4 rings (SSSR count). The van der Waals surface area contributed by atoms with E-state index in [9.17, 15) is 24.7 Å². The van der Waals surface area contributed by atoms with E-state index in [2.05, 4.69) is 10.7 Å². The highest BCUT2D eigenvalue weighted by molar-refractivity contribution is 5.93. The van der Waals surface area contributed by atoms with Crippen LogP contribution in [-0.4, -0.2) is 50.5 Å². The Hall–Kier alpha value is -3.83. The first-order chi connectivity index (χ1) is 15.5. The van der Waals surface area contributed by atoms with Gasteiger partial charge in [-0.1, -0.05) is 52.0 Å². The van der Waals surface area contributed by atoms with Crippen molar-refractivity contribution in [3.05, 3.63) is 75.7 Å². The fraction of sp³-hybridized carbons (Fsp3) is 0.286. The summed E-state index contributed by atoms with van der Waals surface area (Å²) in [5, 5.41) is 25.2. The van der Waals surface area contributed by atoms with Gasteiger partial charge in [-0.15, -0.1) is 0 Å². The molecule has 11 nitrogen and oxygen atoms in total. The van der Waals surface area contributed by atoms with E-state index in [1.54, 1.807) is 12.1 Å². The maximum Gasteiger partial charge on any atom is 0.408 e. The molecule has 1 aliphatic rings. The van der Waals surface area contributed by atoms with Gasteiger partial charge in [-0.25, -0.2) is 14.4 Å². The highest BCUT2D eigenvalue weighted by Crippen LogP contribution is 2.21. The molecular weight excluding hydrogens is 418 g/mol. The normalized spacial score (nSPS) is 18.6. The van der Waals surface area contributed by atoms with E-state index < -0.39 is 23.6 Å². The smallest absolute Gasteiger partial charge is 0.408 e. The lowest BCUT2D eigenvalue weighted by molar-refractivity contribution is -0.688. The summed E-state index contributed by atoms with van der Waals surface area (Å²) in [6.07, 6.45) is -0.624. The zero-order chi connectivity index (χ0) is 22.7. The van der Waals surface area contributed by atoms with Crippen molar-refractivity contribution in [3.63, 3.8) is 0 Å². The summed E-state index contributed by atoms with van der Waals surface area (Å²) in [5.74, 6) is -0.697. The second kappa shape index (κ2) is 9.12. The van der Waals surface area contributed by atoms with Gasteiger partial charge in [0, 0.05) is 6.54 Å². The summed E-state index contributed by atoms with van der Waals surface area (Å²) in [6.45, 7) is 0.319. The number of likely N-dealkylation sites (tertiary alicyclic amines) is 1. The molecule has 1 aliphatic heterocycles. The van der Waals surface area contributed by atoms with E-state index in [1.807, 2.05) is 30.3 Å². The number of hydrogen-bond donors (Lipinski definition) is 2. The lowest BCUT2D eigenvalue weighted by atomic mass is 9.98. The van der Waals surface area contributed by atoms with Crippen LogP contribution in [-0.2, 0) is 11.4 Å². The average molecular weight is 439 g/mol. The molecule has 2 heterocycles. The number of nitrogens with zero attached hydrogens (tertiary/aromatic N) is 4. The lowest BCUT2D eigenvalue weighted by Gasteiger charge is -2.35. The number of para-hydroxylation sites is 1. The quantitative estimate of drug-likeness (QED) is 0.339. The second-order valence-electron chi connectivity index (χ2n) is 7.45. The molecule has 0 spiro atoms. The molecular formula is C21H21N5O6. The van der Waals surface area contributed by atoms with Gasteiger partial charge in [0.15, 0.2) is 5.52 Å². The fourth-order valence-corrected chi connectivity index (χ4v) is 3.77. The Morgan fingerprint density at radius 2 is 1.88 bits per heavy atom. The molecule has 0 aliphatic carbocycles. The van der Waals surface area contributed by atoms with Crippen LogP contribution in [0.15, 0.2) is 59.4 Å². The lowest BCUT2D eigenvalue weighted by Crippen LogP contribution is -2.58. The number of carbonyl (C=O) groups excluding carboxylic acids is 1. The largest absolute Gasteiger partial charge is 0.688 e. The predicted molar refractivity (Wildman–Crippen MR) is 111 cm³/mol. The van der Waals surface area contributed by atoms with Gasteiger partial charge >= 0.3 is 17.6 Å². The fourth-order valence-electron chi connectivity index (χ4n) is 3.77. The van der Waals surface area contributed by atoms with Crippen molar-refractivity contribution in [3.8, 4) is 0 Å². The Bertz CT molecular complexity index is 1200. The summed E-state index contributed by atoms with van der Waals surface area (Å²) in [5.41, 5.74) is 3.08. The SMILES string of the molecule is O=C(O)N1C[C@H](NOCc2ccccc2)CC[C@H]1C(=O)n1n[n+]([O-])c(=O)c2ccccc21. The van der Waals surface area contributed by atoms with Crippen molar-refractivity contribution in [1.82, 2.24) is 20.3 Å². The summed E-state index contributed by atoms with van der Waals surface area (Å²) >= 11 is 0. The van der Waals surface area contributed by atoms with Gasteiger partial charge in [-0.2, -0.15) is 5.48 Å². The molecule has 2 atom stereocenters. The molecule has 0 saturated carbocycles. The molecule has 32 heavy (non-hydrogen) atoms. The van der Waals surface area contributed by atoms with E-state index in [-0.39, 0.29) is 34.8 Å². The summed E-state index contributed by atoms with van der Waals surface area (Å²) in [6, 6.07) is 14.2. The van der Waals surface area contributed by atoms with Crippen molar-refractivity contribution in [2.75, 3.05) is 6.54 Å². The number of fused-ring (bicyclic) bond motifs is 1. The van der Waals surface area contributed by atoms with Crippen molar-refractivity contribution < 1.29 is 24.4 Å². The van der Waals surface area contributed by atoms with E-state index in [0.29, 0.717) is 13.0 Å². The van der Waals surface area contributed by atoms with Crippen molar-refractivity contribution in [1.29, 1.82) is 0 Å². The summed E-state index contributed by atoms with van der Waals surface area (Å²) in [4.78, 5) is 43.4. The standard InChI is InChI=1S/C21H21N5O6/c27-19-16-8-4-5-9-17(16)25(23-26(19)31)20(28)18-11-10-15(12-24(18)21(29)30)22-32-13-14-6-2-1-3-7-14/h1-9,15,18,22H,10-13H2,(H,29,30)/t15-,18+/m1/s1. The molecule has 166 valence electrons. The van der Waals surface area contributed by atoms with Crippen LogP contribution in [0.1, 0.15) is 23.2 Å². The zero-order valence-corrected chi connectivity index (χ0v) is 17.0. The third-order valence-electron chi connectivity index (χ3n) is 5.36. The highest BCUT2D eigenvalue weighted by Gasteiger charge is 2.40. The number of benzene rings is 2. The predicted octanol–water partition coefficient (Wildman–Crippen LogP) is 0.903. The Labute approximate surface area is 182 Å². The highest BCUT2D eigenvalue weighted by atomic mass is 16.6. The average Bonchev–Trinajstić information content (AvgIpc) is 2.81. The topological polar surface area (TPSA) is 141 Å². The van der Waals surface area contributed by atoms with E-state index in [4.69, 9.17) is 4.84 Å². The van der Waals surface area contributed by atoms with E-state index in [1.165, 1.54) is 12.1 Å². The first-order valence-corrected chi connectivity index (χ1v) is 10.0. The van der Waals surface area contributed by atoms with Gasteiger partial charge in [0.1, 0.15) is 16.6 Å². The van der Waals surface area contributed by atoms with Crippen molar-refractivity contribution in [2.24, 2.45) is 0 Å². The molecule has 11 heteroatoms. The minimum absolute atomic E-state index is 0.00996. The van der Waals surface area contributed by atoms with E-state index in [0.717, 1.165) is 15.1 Å². The summed E-state index contributed by atoms with van der Waals surface area (Å²) < 4.78 is 0.810. The molecule has 0 bridgehead atoms. The Balaban J connectivity index is 1.50. The Morgan fingerprint density at radius 3 is 2.62 bits per heavy atom. The number of carbonyl (C=O) groups is 2. The monoisotopic (exact) mass is 439 g/mol. The summed E-state index contributed by atoms with van der Waals surface area (Å²) in [7, 11) is 0. The van der Waals surface area contributed by atoms with Gasteiger partial charge in [-0.05, 0) is 30.5 Å². The first-order valence-electron chi connectivity index (χ1n) is 10.0. The van der Waals surface area contributed by atoms with Gasteiger partial charge in [0.2, 0.25) is 0 Å². The Morgan fingerprint density at radius 1 is 1.16 bits per heavy atom. The third kappa shape index (κ3) is 4.29. The maximum absolute atomic E-state index is 13.2. The van der Waals surface area contributed by atoms with Crippen LogP contribution in [0, 0.1) is 5.21 Å². The number of amides is 1. The van der Waals surface area contributed by atoms with Gasteiger partial charge in [-0.3, -0.25) is 9.74 Å². The zero-order valence-electron chi connectivity index (χ0n) is 17.0. The molecule has 0 radical (unpaired) electrons. The van der Waals surface area contributed by atoms with Crippen LogP contribution in [0.4, 0.5) is 4.79 Å². The van der Waals surface area contributed by atoms with Crippen molar-refractivity contribution >= 4 is 22.9 Å². The van der Waals surface area contributed by atoms with E-state index >= 15 is 0 Å². The number of aromatic nitrogens is 3. The molecule has 0 unspecified atom stereocenters. The number of nitrogens with one attached hydrogen (secondary N) is 1.